The van der Waals surface area contributed by atoms with Crippen molar-refractivity contribution in [2.24, 2.45) is 11.7 Å². The minimum atomic E-state index is -4.15. The van der Waals surface area contributed by atoms with Crippen molar-refractivity contribution in [1.29, 1.82) is 0 Å². The third kappa shape index (κ3) is 5.04. The second-order valence-corrected chi connectivity index (χ2v) is 5.41. The Labute approximate surface area is 103 Å². The van der Waals surface area contributed by atoms with Crippen molar-refractivity contribution >= 4 is 11.8 Å². The van der Waals surface area contributed by atoms with E-state index in [4.69, 9.17) is 5.73 Å². The summed E-state index contributed by atoms with van der Waals surface area (Å²) >= 11 is 0.000279. The topological polar surface area (TPSA) is 30.9 Å². The Morgan fingerprint density at radius 3 is 2.59 bits per heavy atom. The third-order valence-corrected chi connectivity index (χ3v) is 3.21. The second kappa shape index (κ2) is 5.82. The molecule has 1 heterocycles. The number of alkyl halides is 3. The summed E-state index contributed by atoms with van der Waals surface area (Å²) in [5, 5.41) is 0. The molecule has 0 radical (unpaired) electrons. The van der Waals surface area contributed by atoms with Gasteiger partial charge in [0, 0.05) is 30.7 Å². The molecule has 1 atom stereocenters. The van der Waals surface area contributed by atoms with Gasteiger partial charge in [-0.2, -0.15) is 13.2 Å². The average molecular weight is 266 g/mol. The van der Waals surface area contributed by atoms with Crippen molar-refractivity contribution in [3.63, 3.8) is 0 Å². The van der Waals surface area contributed by atoms with Crippen molar-refractivity contribution in [3.8, 4) is 0 Å². The fourth-order valence-corrected chi connectivity index (χ4v) is 1.98. The number of rotatable bonds is 5. The SMILES string of the molecule is CC(C)C(N)c1ccn(CCSC(F)(F)F)c1. The lowest BCUT2D eigenvalue weighted by Gasteiger charge is -2.13. The summed E-state index contributed by atoms with van der Waals surface area (Å²) in [4.78, 5) is 0. The Hall–Kier alpha value is -0.620. The van der Waals surface area contributed by atoms with Crippen molar-refractivity contribution in [2.45, 2.75) is 31.9 Å². The first-order valence-corrected chi connectivity index (χ1v) is 6.40. The molecule has 0 aliphatic heterocycles. The molecule has 0 saturated heterocycles. The average Bonchev–Trinajstić information content (AvgIpc) is 2.63. The summed E-state index contributed by atoms with van der Waals surface area (Å²) in [7, 11) is 0. The van der Waals surface area contributed by atoms with E-state index in [1.54, 1.807) is 10.8 Å². The minimum Gasteiger partial charge on any atom is -0.353 e. The van der Waals surface area contributed by atoms with Gasteiger partial charge in [0.25, 0.3) is 0 Å². The zero-order chi connectivity index (χ0) is 13.1. The Kier molecular flexibility index (Phi) is 4.94. The lowest BCUT2D eigenvalue weighted by Crippen LogP contribution is -2.16. The quantitative estimate of drug-likeness (QED) is 0.885. The zero-order valence-corrected chi connectivity index (χ0v) is 10.7. The van der Waals surface area contributed by atoms with E-state index in [0.29, 0.717) is 12.5 Å². The molecule has 2 nitrogen and oxygen atoms in total. The highest BCUT2D eigenvalue weighted by molar-refractivity contribution is 8.00. The largest absolute Gasteiger partial charge is 0.441 e. The van der Waals surface area contributed by atoms with Gasteiger partial charge in [-0.1, -0.05) is 13.8 Å². The van der Waals surface area contributed by atoms with Crippen LogP contribution in [0.2, 0.25) is 0 Å². The van der Waals surface area contributed by atoms with E-state index in [2.05, 4.69) is 0 Å². The van der Waals surface area contributed by atoms with Gasteiger partial charge in [-0.15, -0.1) is 0 Å². The van der Waals surface area contributed by atoms with E-state index in [-0.39, 0.29) is 23.6 Å². The Balaban J connectivity index is 2.46. The van der Waals surface area contributed by atoms with E-state index in [0.717, 1.165) is 5.56 Å². The fourth-order valence-electron chi connectivity index (χ4n) is 1.45. The van der Waals surface area contributed by atoms with Crippen LogP contribution in [0.3, 0.4) is 0 Å². The normalized spacial score (nSPS) is 14.3. The van der Waals surface area contributed by atoms with Crippen LogP contribution in [-0.2, 0) is 6.54 Å². The lowest BCUT2D eigenvalue weighted by molar-refractivity contribution is -0.0328. The van der Waals surface area contributed by atoms with Crippen LogP contribution in [0.15, 0.2) is 18.5 Å². The molecule has 0 fully saturated rings. The summed E-state index contributed by atoms with van der Waals surface area (Å²) in [5.74, 6) is 0.338. The maximum atomic E-state index is 11.9. The number of aryl methyl sites for hydroxylation is 1. The van der Waals surface area contributed by atoms with Crippen LogP contribution in [0.1, 0.15) is 25.5 Å². The van der Waals surface area contributed by atoms with E-state index in [1.165, 1.54) is 0 Å². The highest BCUT2D eigenvalue weighted by atomic mass is 32.2. The number of hydrogen-bond donors (Lipinski definition) is 1. The van der Waals surface area contributed by atoms with Crippen molar-refractivity contribution in [1.82, 2.24) is 4.57 Å². The standard InChI is InChI=1S/C11H17F3N2S/c1-8(2)10(15)9-3-4-16(7-9)5-6-17-11(12,13)14/h3-4,7-8,10H,5-6,15H2,1-2H3. The first-order valence-electron chi connectivity index (χ1n) is 5.41. The minimum absolute atomic E-state index is 0.000279. The molecule has 1 unspecified atom stereocenters. The lowest BCUT2D eigenvalue weighted by atomic mass is 10.00. The van der Waals surface area contributed by atoms with Gasteiger partial charge in [0.1, 0.15) is 0 Å². The van der Waals surface area contributed by atoms with E-state index in [1.807, 2.05) is 26.1 Å². The van der Waals surface area contributed by atoms with Gasteiger partial charge in [-0.3, -0.25) is 0 Å². The van der Waals surface area contributed by atoms with Crippen LogP contribution in [0, 0.1) is 5.92 Å². The molecule has 0 amide bonds. The van der Waals surface area contributed by atoms with E-state index in [9.17, 15) is 13.2 Å². The molecule has 0 spiro atoms. The number of halogens is 3. The molecule has 1 rings (SSSR count). The van der Waals surface area contributed by atoms with Gasteiger partial charge >= 0.3 is 5.51 Å². The van der Waals surface area contributed by atoms with Crippen LogP contribution < -0.4 is 5.73 Å². The molecule has 2 N–H and O–H groups in total. The summed E-state index contributed by atoms with van der Waals surface area (Å²) in [6.45, 7) is 4.37. The molecule has 17 heavy (non-hydrogen) atoms. The molecule has 6 heteroatoms. The summed E-state index contributed by atoms with van der Waals surface area (Å²) in [5.41, 5.74) is 2.77. The van der Waals surface area contributed by atoms with Gasteiger partial charge in [0.15, 0.2) is 0 Å². The van der Waals surface area contributed by atoms with Gasteiger partial charge in [-0.05, 0) is 29.3 Å². The van der Waals surface area contributed by atoms with Crippen LogP contribution in [0.5, 0.6) is 0 Å². The van der Waals surface area contributed by atoms with E-state index >= 15 is 0 Å². The predicted octanol–water partition coefficient (Wildman–Crippen LogP) is 3.40. The molecule has 0 aliphatic carbocycles. The summed E-state index contributed by atoms with van der Waals surface area (Å²) in [6, 6.07) is 1.80. The number of nitrogens with two attached hydrogens (primary N) is 1. The number of aromatic nitrogens is 1. The molecule has 98 valence electrons. The van der Waals surface area contributed by atoms with Crippen molar-refractivity contribution in [2.75, 3.05) is 5.75 Å². The van der Waals surface area contributed by atoms with Gasteiger partial charge in [-0.25, -0.2) is 0 Å². The van der Waals surface area contributed by atoms with Crippen LogP contribution in [0.4, 0.5) is 13.2 Å². The molecule has 1 aromatic heterocycles. The number of hydrogen-bond acceptors (Lipinski definition) is 2. The molecule has 0 bridgehead atoms. The Morgan fingerprint density at radius 2 is 2.06 bits per heavy atom. The highest BCUT2D eigenvalue weighted by Gasteiger charge is 2.27. The summed E-state index contributed by atoms with van der Waals surface area (Å²) in [6.07, 6.45) is 3.59. The molecule has 0 aliphatic rings. The smallest absolute Gasteiger partial charge is 0.353 e. The highest BCUT2D eigenvalue weighted by Crippen LogP contribution is 2.30. The van der Waals surface area contributed by atoms with E-state index < -0.39 is 5.51 Å². The van der Waals surface area contributed by atoms with Crippen molar-refractivity contribution < 1.29 is 13.2 Å². The van der Waals surface area contributed by atoms with Gasteiger partial charge < -0.3 is 10.3 Å². The van der Waals surface area contributed by atoms with Gasteiger partial charge in [0.2, 0.25) is 0 Å². The maximum absolute atomic E-state index is 11.9. The van der Waals surface area contributed by atoms with Crippen LogP contribution in [-0.4, -0.2) is 15.8 Å². The molecule has 1 aromatic rings. The third-order valence-electron chi connectivity index (χ3n) is 2.49. The fraction of sp³-hybridized carbons (Fsp3) is 0.636. The predicted molar refractivity (Wildman–Crippen MR) is 64.7 cm³/mol. The first kappa shape index (κ1) is 14.4. The summed E-state index contributed by atoms with van der Waals surface area (Å²) < 4.78 is 37.5. The monoisotopic (exact) mass is 266 g/mol. The van der Waals surface area contributed by atoms with Crippen LogP contribution >= 0.6 is 11.8 Å². The molecular weight excluding hydrogens is 249 g/mol. The zero-order valence-electron chi connectivity index (χ0n) is 9.87. The Bertz CT molecular complexity index is 347. The van der Waals surface area contributed by atoms with Crippen molar-refractivity contribution in [3.05, 3.63) is 24.0 Å². The second-order valence-electron chi connectivity index (χ2n) is 4.25. The maximum Gasteiger partial charge on any atom is 0.441 e. The van der Waals surface area contributed by atoms with Crippen LogP contribution in [0.25, 0.3) is 0 Å². The molecular formula is C11H17F3N2S. The Morgan fingerprint density at radius 1 is 1.41 bits per heavy atom. The number of thioether (sulfide) groups is 1. The molecule has 0 saturated carbocycles. The first-order chi connectivity index (χ1) is 7.79. The van der Waals surface area contributed by atoms with Gasteiger partial charge in [0.05, 0.1) is 0 Å². The molecule has 0 aromatic carbocycles. The number of nitrogens with zero attached hydrogens (tertiary/aromatic N) is 1.